The van der Waals surface area contributed by atoms with E-state index in [2.05, 4.69) is 20.4 Å². The van der Waals surface area contributed by atoms with Crippen LogP contribution in [-0.2, 0) is 14.6 Å². The average molecular weight is 449 g/mol. The molecule has 1 aromatic rings. The minimum Gasteiger partial charge on any atom is -0.381 e. The zero-order valence-corrected chi connectivity index (χ0v) is 19.2. The second-order valence-electron chi connectivity index (χ2n) is 10.2. The van der Waals surface area contributed by atoms with E-state index in [4.69, 9.17) is 4.74 Å². The van der Waals surface area contributed by atoms with Gasteiger partial charge in [-0.3, -0.25) is 0 Å². The van der Waals surface area contributed by atoms with Gasteiger partial charge in [0.15, 0.2) is 14.9 Å². The van der Waals surface area contributed by atoms with Crippen molar-refractivity contribution in [1.82, 2.24) is 15.1 Å². The van der Waals surface area contributed by atoms with Crippen LogP contribution in [0.2, 0.25) is 0 Å². The Labute approximate surface area is 186 Å². The summed E-state index contributed by atoms with van der Waals surface area (Å²) in [4.78, 5) is 2.67. The Bertz CT molecular complexity index is 821. The van der Waals surface area contributed by atoms with Crippen molar-refractivity contribution < 1.29 is 13.2 Å². The van der Waals surface area contributed by atoms with E-state index >= 15 is 0 Å². The largest absolute Gasteiger partial charge is 0.381 e. The van der Waals surface area contributed by atoms with Gasteiger partial charge >= 0.3 is 0 Å². The smallest absolute Gasteiger partial charge is 0.200 e. The van der Waals surface area contributed by atoms with Crippen LogP contribution in [0, 0.1) is 17.8 Å². The Balaban J connectivity index is 1.12. The van der Waals surface area contributed by atoms with E-state index < -0.39 is 9.84 Å². The lowest BCUT2D eigenvalue weighted by molar-refractivity contribution is 0.0545. The van der Waals surface area contributed by atoms with Gasteiger partial charge in [-0.2, -0.15) is 0 Å². The van der Waals surface area contributed by atoms with Gasteiger partial charge in [-0.05, 0) is 68.4 Å². The molecule has 172 valence electrons. The second kappa shape index (κ2) is 9.32. The number of nitrogens with zero attached hydrogens (tertiary/aromatic N) is 3. The number of rotatable bonds is 6. The van der Waals surface area contributed by atoms with Crippen molar-refractivity contribution in [2.24, 2.45) is 17.8 Å². The molecule has 8 heteroatoms. The van der Waals surface area contributed by atoms with E-state index in [1.807, 2.05) is 0 Å². The number of aromatic nitrogens is 2. The molecule has 2 saturated carbocycles. The molecule has 0 unspecified atom stereocenters. The van der Waals surface area contributed by atoms with Crippen molar-refractivity contribution in [3.63, 3.8) is 0 Å². The molecule has 0 amide bonds. The summed E-state index contributed by atoms with van der Waals surface area (Å²) in [7, 11) is -3.35. The predicted molar refractivity (Wildman–Crippen MR) is 120 cm³/mol. The SMILES string of the molecule is O=S(=O)(c1ccc(N[C@@H]2C[C@@H]3CN(CC4CCOCC4)C[C@@H]3C2)nn1)C1CCCCC1. The van der Waals surface area contributed by atoms with Crippen LogP contribution in [-0.4, -0.2) is 67.7 Å². The molecule has 4 fully saturated rings. The highest BCUT2D eigenvalue weighted by atomic mass is 32.2. The van der Waals surface area contributed by atoms with Gasteiger partial charge < -0.3 is 15.0 Å². The molecule has 7 nitrogen and oxygen atoms in total. The maximum Gasteiger partial charge on any atom is 0.200 e. The Kier molecular flexibility index (Phi) is 6.49. The van der Waals surface area contributed by atoms with E-state index in [-0.39, 0.29) is 10.3 Å². The van der Waals surface area contributed by atoms with E-state index in [9.17, 15) is 8.42 Å². The fraction of sp³-hybridized carbons (Fsp3) is 0.826. The number of likely N-dealkylation sites (tertiary alicyclic amines) is 1. The molecule has 3 heterocycles. The van der Waals surface area contributed by atoms with Gasteiger partial charge in [0, 0.05) is 38.9 Å². The van der Waals surface area contributed by atoms with Crippen LogP contribution in [0.5, 0.6) is 0 Å². The Morgan fingerprint density at radius 1 is 0.968 bits per heavy atom. The first kappa shape index (κ1) is 21.6. The maximum absolute atomic E-state index is 12.8. The highest BCUT2D eigenvalue weighted by Crippen LogP contribution is 2.39. The Hall–Kier alpha value is -1.25. The van der Waals surface area contributed by atoms with Gasteiger partial charge in [-0.1, -0.05) is 19.3 Å². The summed E-state index contributed by atoms with van der Waals surface area (Å²) in [5, 5.41) is 11.7. The fourth-order valence-electron chi connectivity index (χ4n) is 6.26. The minimum atomic E-state index is -3.35. The molecular formula is C23H36N4O3S. The number of fused-ring (bicyclic) bond motifs is 1. The van der Waals surface area contributed by atoms with Crippen LogP contribution in [0.4, 0.5) is 5.82 Å². The van der Waals surface area contributed by atoms with Gasteiger partial charge in [0.25, 0.3) is 0 Å². The average Bonchev–Trinajstić information content (AvgIpc) is 3.33. The summed E-state index contributed by atoms with van der Waals surface area (Å²) in [6.07, 6.45) is 9.37. The Morgan fingerprint density at radius 3 is 2.32 bits per heavy atom. The highest BCUT2D eigenvalue weighted by Gasteiger charge is 2.41. The third-order valence-electron chi connectivity index (χ3n) is 7.96. The quantitative estimate of drug-likeness (QED) is 0.716. The molecule has 5 rings (SSSR count). The zero-order valence-electron chi connectivity index (χ0n) is 18.4. The molecule has 0 aromatic carbocycles. The second-order valence-corrected chi connectivity index (χ2v) is 12.3. The molecule has 3 atom stereocenters. The first-order valence-corrected chi connectivity index (χ1v) is 13.8. The summed E-state index contributed by atoms with van der Waals surface area (Å²) < 4.78 is 31.1. The lowest BCUT2D eigenvalue weighted by Crippen LogP contribution is -2.32. The maximum atomic E-state index is 12.8. The van der Waals surface area contributed by atoms with E-state index in [0.717, 1.165) is 63.1 Å². The number of sulfone groups is 1. The van der Waals surface area contributed by atoms with Gasteiger partial charge in [0.1, 0.15) is 5.82 Å². The summed E-state index contributed by atoms with van der Waals surface area (Å²) in [6.45, 7) is 5.52. The third-order valence-corrected chi connectivity index (χ3v) is 10.1. The van der Waals surface area contributed by atoms with Crippen LogP contribution < -0.4 is 5.32 Å². The van der Waals surface area contributed by atoms with Gasteiger partial charge in [-0.15, -0.1) is 10.2 Å². The van der Waals surface area contributed by atoms with Crippen LogP contribution in [0.25, 0.3) is 0 Å². The molecule has 1 aromatic heterocycles. The molecule has 0 spiro atoms. The predicted octanol–water partition coefficient (Wildman–Crippen LogP) is 3.13. The molecule has 1 N–H and O–H groups in total. The summed E-state index contributed by atoms with van der Waals surface area (Å²) in [5.41, 5.74) is 0. The molecule has 2 aliphatic carbocycles. The van der Waals surface area contributed by atoms with Crippen molar-refractivity contribution in [1.29, 1.82) is 0 Å². The molecule has 31 heavy (non-hydrogen) atoms. The number of anilines is 1. The zero-order chi connectivity index (χ0) is 21.3. The molecule has 2 aliphatic heterocycles. The van der Waals surface area contributed by atoms with Gasteiger partial charge in [0.2, 0.25) is 0 Å². The summed E-state index contributed by atoms with van der Waals surface area (Å²) in [5.74, 6) is 3.03. The standard InChI is InChI=1S/C23H36N4O3S/c28-31(29,21-4-2-1-3-5-21)23-7-6-22(25-26-23)24-20-12-18-15-27(16-19(18)13-20)14-17-8-10-30-11-9-17/h6-7,17-21H,1-5,8-16H2,(H,24,25)/t18-,19+,20-. The van der Waals surface area contributed by atoms with E-state index in [1.54, 1.807) is 12.1 Å². The van der Waals surface area contributed by atoms with Gasteiger partial charge in [-0.25, -0.2) is 8.42 Å². The monoisotopic (exact) mass is 448 g/mol. The van der Waals surface area contributed by atoms with E-state index in [1.165, 1.54) is 45.3 Å². The van der Waals surface area contributed by atoms with Crippen molar-refractivity contribution in [3.05, 3.63) is 12.1 Å². The topological polar surface area (TPSA) is 84.4 Å². The van der Waals surface area contributed by atoms with Crippen molar-refractivity contribution in [2.75, 3.05) is 38.2 Å². The van der Waals surface area contributed by atoms with Gasteiger partial charge in [0.05, 0.1) is 5.25 Å². The van der Waals surface area contributed by atoms with Crippen molar-refractivity contribution in [3.8, 4) is 0 Å². The normalized spacial score (nSPS) is 31.0. The molecule has 4 aliphatic rings. The first-order chi connectivity index (χ1) is 15.1. The minimum absolute atomic E-state index is 0.136. The first-order valence-electron chi connectivity index (χ1n) is 12.2. The molecular weight excluding hydrogens is 412 g/mol. The lowest BCUT2D eigenvalue weighted by atomic mass is 10.00. The lowest BCUT2D eigenvalue weighted by Gasteiger charge is -2.27. The van der Waals surface area contributed by atoms with Crippen LogP contribution in [0.3, 0.4) is 0 Å². The number of hydrogen-bond donors (Lipinski definition) is 1. The van der Waals surface area contributed by atoms with Crippen LogP contribution >= 0.6 is 0 Å². The molecule has 0 bridgehead atoms. The Morgan fingerprint density at radius 2 is 1.68 bits per heavy atom. The van der Waals surface area contributed by atoms with Crippen molar-refractivity contribution >= 4 is 15.7 Å². The molecule has 2 saturated heterocycles. The van der Waals surface area contributed by atoms with Crippen LogP contribution in [0.15, 0.2) is 17.2 Å². The summed E-state index contributed by atoms with van der Waals surface area (Å²) >= 11 is 0. The highest BCUT2D eigenvalue weighted by molar-refractivity contribution is 7.92. The third kappa shape index (κ3) is 4.91. The van der Waals surface area contributed by atoms with E-state index in [0.29, 0.717) is 11.9 Å². The molecule has 0 radical (unpaired) electrons. The number of hydrogen-bond acceptors (Lipinski definition) is 7. The van der Waals surface area contributed by atoms with Crippen molar-refractivity contribution in [2.45, 2.75) is 74.1 Å². The fourth-order valence-corrected chi connectivity index (χ4v) is 7.97. The van der Waals surface area contributed by atoms with Crippen LogP contribution in [0.1, 0.15) is 57.8 Å². The number of ether oxygens (including phenoxy) is 1. The number of nitrogens with one attached hydrogen (secondary N) is 1. The summed E-state index contributed by atoms with van der Waals surface area (Å²) in [6, 6.07) is 3.86.